The minimum Gasteiger partial charge on any atom is -0.325 e. The summed E-state index contributed by atoms with van der Waals surface area (Å²) in [5, 5.41) is 7.09. The highest BCUT2D eigenvalue weighted by Crippen LogP contribution is 2.33. The SMILES string of the molecule is CN(C)S(=O)(=O)c1ccc(NC(=O)CN2C(=O)N[C@@](C)(c3cccc4ccccc34)C2=O)cc1. The van der Waals surface area contributed by atoms with Crippen LogP contribution < -0.4 is 10.6 Å². The lowest BCUT2D eigenvalue weighted by Gasteiger charge is -2.24. The number of anilines is 1. The van der Waals surface area contributed by atoms with Crippen molar-refractivity contribution in [3.8, 4) is 0 Å². The molecule has 0 spiro atoms. The van der Waals surface area contributed by atoms with Crippen LogP contribution in [0.1, 0.15) is 12.5 Å². The summed E-state index contributed by atoms with van der Waals surface area (Å²) in [5.41, 5.74) is -0.337. The second-order valence-corrected chi connectivity index (χ2v) is 10.5. The molecule has 1 fully saturated rings. The Labute approximate surface area is 197 Å². The maximum Gasteiger partial charge on any atom is 0.325 e. The molecule has 0 aliphatic carbocycles. The lowest BCUT2D eigenvalue weighted by molar-refractivity contribution is -0.133. The van der Waals surface area contributed by atoms with Crippen LogP contribution in [0.2, 0.25) is 0 Å². The van der Waals surface area contributed by atoms with E-state index in [0.29, 0.717) is 11.3 Å². The first-order valence-corrected chi connectivity index (χ1v) is 11.9. The number of sulfonamides is 1. The van der Waals surface area contributed by atoms with Crippen molar-refractivity contribution in [3.05, 3.63) is 72.3 Å². The summed E-state index contributed by atoms with van der Waals surface area (Å²) < 4.78 is 25.4. The molecule has 9 nitrogen and oxygen atoms in total. The number of fused-ring (bicyclic) bond motifs is 1. The van der Waals surface area contributed by atoms with Crippen LogP contribution in [0, 0.1) is 0 Å². The molecule has 0 unspecified atom stereocenters. The number of hydrogen-bond acceptors (Lipinski definition) is 5. The van der Waals surface area contributed by atoms with E-state index in [9.17, 15) is 22.8 Å². The van der Waals surface area contributed by atoms with E-state index >= 15 is 0 Å². The Kier molecular flexibility index (Phi) is 5.88. The molecule has 0 bridgehead atoms. The van der Waals surface area contributed by atoms with Crippen LogP contribution >= 0.6 is 0 Å². The number of nitrogens with zero attached hydrogens (tertiary/aromatic N) is 2. The van der Waals surface area contributed by atoms with Crippen molar-refractivity contribution in [3.63, 3.8) is 0 Å². The molecule has 10 heteroatoms. The van der Waals surface area contributed by atoms with Gasteiger partial charge in [0.05, 0.1) is 4.90 Å². The molecule has 4 rings (SSSR count). The Morgan fingerprint density at radius 3 is 2.32 bits per heavy atom. The molecule has 1 aliphatic heterocycles. The molecule has 1 heterocycles. The smallest absolute Gasteiger partial charge is 0.325 e. The van der Waals surface area contributed by atoms with E-state index in [1.54, 1.807) is 13.0 Å². The second-order valence-electron chi connectivity index (χ2n) is 8.33. The largest absolute Gasteiger partial charge is 0.325 e. The Balaban J connectivity index is 1.51. The van der Waals surface area contributed by atoms with Gasteiger partial charge in [-0.25, -0.2) is 17.5 Å². The van der Waals surface area contributed by atoms with Gasteiger partial charge in [0, 0.05) is 19.8 Å². The van der Waals surface area contributed by atoms with Crippen LogP contribution in [0.15, 0.2) is 71.6 Å². The van der Waals surface area contributed by atoms with Gasteiger partial charge in [0.1, 0.15) is 12.1 Å². The summed E-state index contributed by atoms with van der Waals surface area (Å²) in [4.78, 5) is 39.5. The van der Waals surface area contributed by atoms with E-state index in [1.807, 2.05) is 36.4 Å². The first kappa shape index (κ1) is 23.4. The van der Waals surface area contributed by atoms with Crippen LogP contribution in [0.5, 0.6) is 0 Å². The van der Waals surface area contributed by atoms with E-state index in [2.05, 4.69) is 10.6 Å². The molecule has 1 saturated heterocycles. The van der Waals surface area contributed by atoms with Gasteiger partial charge in [-0.05, 0) is 47.5 Å². The van der Waals surface area contributed by atoms with Gasteiger partial charge in [-0.1, -0.05) is 42.5 Å². The number of nitrogens with one attached hydrogen (secondary N) is 2. The fourth-order valence-corrected chi connectivity index (χ4v) is 4.85. The topological polar surface area (TPSA) is 116 Å². The van der Waals surface area contributed by atoms with E-state index in [1.165, 1.54) is 38.4 Å². The summed E-state index contributed by atoms with van der Waals surface area (Å²) in [6.45, 7) is 1.14. The Morgan fingerprint density at radius 1 is 1.00 bits per heavy atom. The zero-order chi connectivity index (χ0) is 24.7. The summed E-state index contributed by atoms with van der Waals surface area (Å²) in [5.74, 6) is -1.12. The van der Waals surface area contributed by atoms with Crippen LogP contribution in [-0.4, -0.2) is 56.1 Å². The minimum atomic E-state index is -3.60. The van der Waals surface area contributed by atoms with E-state index in [0.717, 1.165) is 20.0 Å². The Hall–Kier alpha value is -3.76. The van der Waals surface area contributed by atoms with Crippen molar-refractivity contribution >= 4 is 44.3 Å². The highest BCUT2D eigenvalue weighted by atomic mass is 32.2. The lowest BCUT2D eigenvalue weighted by Crippen LogP contribution is -2.42. The van der Waals surface area contributed by atoms with E-state index in [4.69, 9.17) is 0 Å². The predicted molar refractivity (Wildman–Crippen MR) is 127 cm³/mol. The normalized spacial score (nSPS) is 18.4. The van der Waals surface area contributed by atoms with Gasteiger partial charge < -0.3 is 10.6 Å². The fraction of sp³-hybridized carbons (Fsp3) is 0.208. The minimum absolute atomic E-state index is 0.0791. The molecule has 4 amide bonds. The molecular formula is C24H24N4O5S. The third-order valence-corrected chi connectivity index (χ3v) is 7.65. The van der Waals surface area contributed by atoms with Crippen LogP contribution in [0.25, 0.3) is 10.8 Å². The van der Waals surface area contributed by atoms with Crippen molar-refractivity contribution < 1.29 is 22.8 Å². The van der Waals surface area contributed by atoms with Gasteiger partial charge in [-0.2, -0.15) is 0 Å². The molecule has 3 aromatic rings. The van der Waals surface area contributed by atoms with Gasteiger partial charge in [0.25, 0.3) is 5.91 Å². The van der Waals surface area contributed by atoms with Crippen molar-refractivity contribution in [2.24, 2.45) is 0 Å². The summed E-state index contributed by atoms with van der Waals surface area (Å²) >= 11 is 0. The molecule has 34 heavy (non-hydrogen) atoms. The number of urea groups is 1. The third-order valence-electron chi connectivity index (χ3n) is 5.82. The number of amides is 4. The van der Waals surface area contributed by atoms with Gasteiger partial charge in [-0.15, -0.1) is 0 Å². The van der Waals surface area contributed by atoms with E-state index in [-0.39, 0.29) is 4.90 Å². The lowest BCUT2D eigenvalue weighted by atomic mass is 9.88. The molecule has 0 radical (unpaired) electrons. The number of carbonyl (C=O) groups excluding carboxylic acids is 3. The summed E-state index contributed by atoms with van der Waals surface area (Å²) in [6, 6.07) is 18.0. The number of hydrogen-bond donors (Lipinski definition) is 2. The van der Waals surface area contributed by atoms with Crippen molar-refractivity contribution in [2.75, 3.05) is 26.0 Å². The average Bonchev–Trinajstić information content (AvgIpc) is 3.02. The molecule has 176 valence electrons. The van der Waals surface area contributed by atoms with Gasteiger partial charge >= 0.3 is 6.03 Å². The first-order valence-electron chi connectivity index (χ1n) is 10.5. The predicted octanol–water partition coefficient (Wildman–Crippen LogP) is 2.50. The van der Waals surface area contributed by atoms with Gasteiger partial charge in [-0.3, -0.25) is 14.5 Å². The highest BCUT2D eigenvalue weighted by Gasteiger charge is 2.50. The quantitative estimate of drug-likeness (QED) is 0.526. The number of rotatable bonds is 6. The first-order chi connectivity index (χ1) is 16.0. The van der Waals surface area contributed by atoms with E-state index < -0.39 is 40.0 Å². The second kappa shape index (κ2) is 8.54. The van der Waals surface area contributed by atoms with Gasteiger partial charge in [0.2, 0.25) is 15.9 Å². The highest BCUT2D eigenvalue weighted by molar-refractivity contribution is 7.89. The monoisotopic (exact) mass is 480 g/mol. The molecule has 0 aromatic heterocycles. The standard InChI is InChI=1S/C24H24N4O5S/c1-24(20-10-6-8-16-7-4-5-9-19(16)20)22(30)28(23(31)26-24)15-21(29)25-17-11-13-18(14-12-17)34(32,33)27(2)3/h4-14H,15H2,1-3H3,(H,25,29)(H,26,31)/t24-/m0/s1. The Morgan fingerprint density at radius 2 is 1.65 bits per heavy atom. The van der Waals surface area contributed by atoms with Crippen LogP contribution in [0.4, 0.5) is 10.5 Å². The molecule has 3 aromatic carbocycles. The maximum absolute atomic E-state index is 13.3. The van der Waals surface area contributed by atoms with Crippen molar-refractivity contribution in [1.82, 2.24) is 14.5 Å². The Bertz CT molecular complexity index is 1400. The van der Waals surface area contributed by atoms with Crippen LogP contribution in [0.3, 0.4) is 0 Å². The molecule has 0 saturated carbocycles. The van der Waals surface area contributed by atoms with Crippen LogP contribution in [-0.2, 0) is 25.2 Å². The maximum atomic E-state index is 13.3. The van der Waals surface area contributed by atoms with Gasteiger partial charge in [0.15, 0.2) is 0 Å². The number of benzene rings is 3. The molecule has 1 aliphatic rings. The average molecular weight is 481 g/mol. The number of imide groups is 1. The number of carbonyl (C=O) groups is 3. The molecule has 1 atom stereocenters. The summed E-state index contributed by atoms with van der Waals surface area (Å²) in [6.07, 6.45) is 0. The molecule has 2 N–H and O–H groups in total. The fourth-order valence-electron chi connectivity index (χ4n) is 3.95. The zero-order valence-electron chi connectivity index (χ0n) is 18.9. The van der Waals surface area contributed by atoms with Crippen molar-refractivity contribution in [2.45, 2.75) is 17.4 Å². The summed E-state index contributed by atoms with van der Waals surface area (Å²) in [7, 11) is -0.744. The zero-order valence-corrected chi connectivity index (χ0v) is 19.7. The molecular weight excluding hydrogens is 456 g/mol. The van der Waals surface area contributed by atoms with Crippen molar-refractivity contribution in [1.29, 1.82) is 0 Å². The third kappa shape index (κ3) is 4.02.